The summed E-state index contributed by atoms with van der Waals surface area (Å²) in [6.45, 7) is 3.00. The number of aliphatic hydroxyl groups excluding tert-OH is 1. The lowest BCUT2D eigenvalue weighted by Gasteiger charge is -2.15. The minimum atomic E-state index is -0.689. The van der Waals surface area contributed by atoms with E-state index in [0.29, 0.717) is 35.0 Å². The van der Waals surface area contributed by atoms with E-state index in [2.05, 4.69) is 4.98 Å². The molecule has 0 bridgehead atoms. The maximum absolute atomic E-state index is 12.8. The Morgan fingerprint density at radius 3 is 2.68 bits per heavy atom. The van der Waals surface area contributed by atoms with E-state index in [0.717, 1.165) is 11.3 Å². The Morgan fingerprint density at radius 2 is 1.93 bits per heavy atom. The van der Waals surface area contributed by atoms with E-state index in [1.807, 2.05) is 49.4 Å². The highest BCUT2D eigenvalue weighted by molar-refractivity contribution is 7.99. The van der Waals surface area contributed by atoms with Crippen LogP contribution in [0.25, 0.3) is 10.9 Å². The molecule has 28 heavy (non-hydrogen) atoms. The summed E-state index contributed by atoms with van der Waals surface area (Å²) in [6, 6.07) is 14.9. The van der Waals surface area contributed by atoms with E-state index in [9.17, 15) is 9.90 Å². The number of methoxy groups -OCH3 is 1. The number of hydrogen-bond donors (Lipinski definition) is 1. The number of aliphatic hydroxyl groups is 1. The fraction of sp³-hybridized carbons (Fsp3) is 0.333. The maximum atomic E-state index is 12.8. The Bertz CT molecular complexity index is 972. The lowest BCUT2D eigenvalue weighted by atomic mass is 10.2. The molecule has 3 rings (SSSR count). The SMILES string of the molecule is COCCn1c(SC[C@H](O)COc2ccc(C)cc2)nc2ccccc2c1=O. The quantitative estimate of drug-likeness (QED) is 0.440. The fourth-order valence-corrected chi connectivity index (χ4v) is 3.61. The van der Waals surface area contributed by atoms with Gasteiger partial charge in [0.25, 0.3) is 5.56 Å². The molecule has 3 aromatic rings. The van der Waals surface area contributed by atoms with Gasteiger partial charge in [-0.05, 0) is 31.2 Å². The normalized spacial score (nSPS) is 12.2. The zero-order chi connectivity index (χ0) is 19.9. The predicted octanol–water partition coefficient (Wildman–Crippen LogP) is 2.88. The second-order valence-electron chi connectivity index (χ2n) is 6.45. The van der Waals surface area contributed by atoms with Crippen LogP contribution >= 0.6 is 11.8 Å². The molecule has 7 heteroatoms. The monoisotopic (exact) mass is 400 g/mol. The molecular weight excluding hydrogens is 376 g/mol. The van der Waals surface area contributed by atoms with Gasteiger partial charge in [0, 0.05) is 12.9 Å². The molecule has 2 aromatic carbocycles. The van der Waals surface area contributed by atoms with Crippen molar-refractivity contribution in [1.82, 2.24) is 9.55 Å². The summed E-state index contributed by atoms with van der Waals surface area (Å²) in [5.74, 6) is 1.08. The highest BCUT2D eigenvalue weighted by Gasteiger charge is 2.14. The van der Waals surface area contributed by atoms with Crippen molar-refractivity contribution in [3.8, 4) is 5.75 Å². The van der Waals surface area contributed by atoms with Crippen molar-refractivity contribution >= 4 is 22.7 Å². The van der Waals surface area contributed by atoms with Gasteiger partial charge in [0.05, 0.1) is 30.2 Å². The molecule has 0 aliphatic heterocycles. The topological polar surface area (TPSA) is 73.6 Å². The summed E-state index contributed by atoms with van der Waals surface area (Å²) in [7, 11) is 1.60. The van der Waals surface area contributed by atoms with Crippen LogP contribution in [0.15, 0.2) is 58.5 Å². The van der Waals surface area contributed by atoms with E-state index in [1.165, 1.54) is 11.8 Å². The van der Waals surface area contributed by atoms with Gasteiger partial charge in [-0.3, -0.25) is 9.36 Å². The third-order valence-electron chi connectivity index (χ3n) is 4.21. The van der Waals surface area contributed by atoms with Gasteiger partial charge in [0.15, 0.2) is 5.16 Å². The van der Waals surface area contributed by atoms with Crippen LogP contribution in [0.1, 0.15) is 5.56 Å². The van der Waals surface area contributed by atoms with Crippen molar-refractivity contribution in [3.63, 3.8) is 0 Å². The van der Waals surface area contributed by atoms with E-state index < -0.39 is 6.10 Å². The van der Waals surface area contributed by atoms with Crippen LogP contribution in [0.5, 0.6) is 5.75 Å². The molecule has 1 atom stereocenters. The first-order valence-corrected chi connectivity index (χ1v) is 10.1. The largest absolute Gasteiger partial charge is 0.491 e. The molecule has 6 nitrogen and oxygen atoms in total. The van der Waals surface area contributed by atoms with Gasteiger partial charge in [0.2, 0.25) is 0 Å². The lowest BCUT2D eigenvalue weighted by molar-refractivity contribution is 0.126. The van der Waals surface area contributed by atoms with E-state index >= 15 is 0 Å². The summed E-state index contributed by atoms with van der Waals surface area (Å²) in [5, 5.41) is 11.4. The van der Waals surface area contributed by atoms with Crippen LogP contribution in [0, 0.1) is 6.92 Å². The fourth-order valence-electron chi connectivity index (χ4n) is 2.68. The Balaban J connectivity index is 1.69. The van der Waals surface area contributed by atoms with Crippen LogP contribution in [-0.4, -0.2) is 46.8 Å². The Labute approximate surface area is 168 Å². The van der Waals surface area contributed by atoms with Crippen molar-refractivity contribution in [2.24, 2.45) is 0 Å². The summed E-state index contributed by atoms with van der Waals surface area (Å²) >= 11 is 1.34. The molecule has 0 aliphatic carbocycles. The third-order valence-corrected chi connectivity index (χ3v) is 5.34. The summed E-state index contributed by atoms with van der Waals surface area (Å²) < 4.78 is 12.4. The van der Waals surface area contributed by atoms with E-state index in [1.54, 1.807) is 17.7 Å². The predicted molar refractivity (Wildman–Crippen MR) is 111 cm³/mol. The standard InChI is InChI=1S/C21H24N2O4S/c1-15-7-9-17(10-8-15)27-13-16(24)14-28-21-22-19-6-4-3-5-18(19)20(25)23(21)11-12-26-2/h3-10,16,24H,11-14H2,1-2H3/t16-/m1/s1. The van der Waals surface area contributed by atoms with Gasteiger partial charge in [-0.25, -0.2) is 4.98 Å². The zero-order valence-electron chi connectivity index (χ0n) is 16.0. The van der Waals surface area contributed by atoms with Crippen molar-refractivity contribution in [1.29, 1.82) is 0 Å². The van der Waals surface area contributed by atoms with Crippen LogP contribution < -0.4 is 10.3 Å². The van der Waals surface area contributed by atoms with Gasteiger partial charge >= 0.3 is 0 Å². The van der Waals surface area contributed by atoms with Gasteiger partial charge < -0.3 is 14.6 Å². The third kappa shape index (κ3) is 5.13. The van der Waals surface area contributed by atoms with Gasteiger partial charge in [0.1, 0.15) is 12.4 Å². The Morgan fingerprint density at radius 1 is 1.18 bits per heavy atom. The smallest absolute Gasteiger partial charge is 0.262 e. The molecule has 0 unspecified atom stereocenters. The molecule has 0 saturated heterocycles. The first kappa shape index (κ1) is 20.4. The van der Waals surface area contributed by atoms with Gasteiger partial charge in [-0.2, -0.15) is 0 Å². The lowest BCUT2D eigenvalue weighted by Crippen LogP contribution is -2.26. The second kappa shape index (κ2) is 9.73. The van der Waals surface area contributed by atoms with E-state index in [-0.39, 0.29) is 12.2 Å². The first-order valence-electron chi connectivity index (χ1n) is 9.07. The molecule has 0 amide bonds. The Hall–Kier alpha value is -2.35. The minimum absolute atomic E-state index is 0.101. The van der Waals surface area contributed by atoms with E-state index in [4.69, 9.17) is 9.47 Å². The average molecular weight is 401 g/mol. The number of thioether (sulfide) groups is 1. The summed E-state index contributed by atoms with van der Waals surface area (Å²) in [6.07, 6.45) is -0.689. The van der Waals surface area contributed by atoms with Crippen molar-refractivity contribution in [2.75, 3.05) is 26.1 Å². The first-order chi connectivity index (χ1) is 13.6. The number of ether oxygens (including phenoxy) is 2. The highest BCUT2D eigenvalue weighted by atomic mass is 32.2. The molecule has 0 saturated carbocycles. The van der Waals surface area contributed by atoms with Crippen LogP contribution in [0.2, 0.25) is 0 Å². The molecule has 1 heterocycles. The number of hydrogen-bond acceptors (Lipinski definition) is 6. The molecule has 148 valence electrons. The molecule has 0 spiro atoms. The highest BCUT2D eigenvalue weighted by Crippen LogP contribution is 2.19. The summed E-state index contributed by atoms with van der Waals surface area (Å²) in [4.78, 5) is 17.4. The van der Waals surface area contributed by atoms with Gasteiger partial charge in [-0.1, -0.05) is 41.6 Å². The number of nitrogens with zero attached hydrogens (tertiary/aromatic N) is 2. The van der Waals surface area contributed by atoms with Gasteiger partial charge in [-0.15, -0.1) is 0 Å². The molecule has 0 aliphatic rings. The molecule has 1 aromatic heterocycles. The van der Waals surface area contributed by atoms with Crippen LogP contribution in [-0.2, 0) is 11.3 Å². The number of para-hydroxylation sites is 1. The van der Waals surface area contributed by atoms with Crippen LogP contribution in [0.3, 0.4) is 0 Å². The number of rotatable bonds is 9. The van der Waals surface area contributed by atoms with Crippen molar-refractivity contribution in [3.05, 3.63) is 64.4 Å². The molecule has 0 radical (unpaired) electrons. The Kier molecular flexibility index (Phi) is 7.08. The number of fused-ring (bicyclic) bond motifs is 1. The number of aryl methyl sites for hydroxylation is 1. The van der Waals surface area contributed by atoms with Crippen LogP contribution in [0.4, 0.5) is 0 Å². The number of benzene rings is 2. The van der Waals surface area contributed by atoms with Crippen molar-refractivity contribution in [2.45, 2.75) is 24.7 Å². The molecular formula is C21H24N2O4S. The second-order valence-corrected chi connectivity index (χ2v) is 7.44. The maximum Gasteiger partial charge on any atom is 0.262 e. The number of aromatic nitrogens is 2. The van der Waals surface area contributed by atoms with Crippen molar-refractivity contribution < 1.29 is 14.6 Å². The average Bonchev–Trinajstić information content (AvgIpc) is 2.71. The minimum Gasteiger partial charge on any atom is -0.491 e. The summed E-state index contributed by atoms with van der Waals surface area (Å²) in [5.41, 5.74) is 1.70. The molecule has 1 N–H and O–H groups in total. The zero-order valence-corrected chi connectivity index (χ0v) is 16.8. The molecule has 0 fully saturated rings.